The van der Waals surface area contributed by atoms with Crippen molar-refractivity contribution in [1.82, 2.24) is 14.8 Å². The SMILES string of the molecule is CCCn1ncnc1CN1CC(C(=O)O)c2ccccc21. The Morgan fingerprint density at radius 1 is 1.43 bits per heavy atom. The maximum atomic E-state index is 11.4. The van der Waals surface area contributed by atoms with Crippen LogP contribution in [0.3, 0.4) is 0 Å². The van der Waals surface area contributed by atoms with E-state index in [1.165, 1.54) is 0 Å². The minimum absolute atomic E-state index is 0.469. The van der Waals surface area contributed by atoms with Gasteiger partial charge in [-0.2, -0.15) is 5.10 Å². The lowest BCUT2D eigenvalue weighted by Crippen LogP contribution is -2.26. The van der Waals surface area contributed by atoms with E-state index >= 15 is 0 Å². The highest BCUT2D eigenvalue weighted by Crippen LogP contribution is 2.36. The molecule has 0 spiro atoms. The molecule has 6 heteroatoms. The van der Waals surface area contributed by atoms with Gasteiger partial charge in [0.05, 0.1) is 6.54 Å². The highest BCUT2D eigenvalue weighted by molar-refractivity contribution is 5.82. The topological polar surface area (TPSA) is 71.2 Å². The smallest absolute Gasteiger partial charge is 0.312 e. The summed E-state index contributed by atoms with van der Waals surface area (Å²) in [4.78, 5) is 17.8. The van der Waals surface area contributed by atoms with Gasteiger partial charge in [0.1, 0.15) is 18.1 Å². The predicted octanol–water partition coefficient (Wildman–Crippen LogP) is 1.88. The van der Waals surface area contributed by atoms with E-state index in [9.17, 15) is 9.90 Å². The third-order valence-corrected chi connectivity index (χ3v) is 3.82. The second kappa shape index (κ2) is 5.55. The largest absolute Gasteiger partial charge is 0.481 e. The quantitative estimate of drug-likeness (QED) is 0.908. The molecule has 0 amide bonds. The molecule has 1 atom stereocenters. The fourth-order valence-corrected chi connectivity index (χ4v) is 2.83. The van der Waals surface area contributed by atoms with Gasteiger partial charge in [-0.3, -0.25) is 4.79 Å². The number of carboxylic acid groups (broad SMARTS) is 1. The summed E-state index contributed by atoms with van der Waals surface area (Å²) in [6.07, 6.45) is 2.55. The van der Waals surface area contributed by atoms with Crippen LogP contribution >= 0.6 is 0 Å². The van der Waals surface area contributed by atoms with Crippen molar-refractivity contribution in [3.63, 3.8) is 0 Å². The summed E-state index contributed by atoms with van der Waals surface area (Å²) in [5.74, 6) is -0.374. The van der Waals surface area contributed by atoms with Crippen molar-refractivity contribution >= 4 is 11.7 Å². The summed E-state index contributed by atoms with van der Waals surface area (Å²) >= 11 is 0. The van der Waals surface area contributed by atoms with Gasteiger partial charge in [-0.1, -0.05) is 25.1 Å². The van der Waals surface area contributed by atoms with Crippen LogP contribution in [0.2, 0.25) is 0 Å². The molecule has 110 valence electrons. The second-order valence-corrected chi connectivity index (χ2v) is 5.23. The number of nitrogens with zero attached hydrogens (tertiary/aromatic N) is 4. The molecule has 1 unspecified atom stereocenters. The lowest BCUT2D eigenvalue weighted by molar-refractivity contribution is -0.138. The first-order valence-electron chi connectivity index (χ1n) is 7.14. The Labute approximate surface area is 123 Å². The summed E-state index contributed by atoms with van der Waals surface area (Å²) in [6.45, 7) is 3.98. The molecule has 0 fully saturated rings. The molecule has 0 saturated carbocycles. The zero-order valence-corrected chi connectivity index (χ0v) is 11.9. The Hall–Kier alpha value is -2.37. The van der Waals surface area contributed by atoms with Crippen molar-refractivity contribution in [2.24, 2.45) is 0 Å². The van der Waals surface area contributed by atoms with E-state index in [0.717, 1.165) is 30.0 Å². The third kappa shape index (κ3) is 2.49. The Morgan fingerprint density at radius 2 is 2.24 bits per heavy atom. The van der Waals surface area contributed by atoms with Crippen LogP contribution < -0.4 is 4.90 Å². The number of aliphatic carboxylic acids is 1. The minimum Gasteiger partial charge on any atom is -0.481 e. The average molecular weight is 286 g/mol. The summed E-state index contributed by atoms with van der Waals surface area (Å²) in [7, 11) is 0. The van der Waals surface area contributed by atoms with Crippen LogP contribution in [0.5, 0.6) is 0 Å². The number of aryl methyl sites for hydroxylation is 1. The Balaban J connectivity index is 1.87. The number of hydrogen-bond donors (Lipinski definition) is 1. The van der Waals surface area contributed by atoms with Gasteiger partial charge in [-0.25, -0.2) is 9.67 Å². The van der Waals surface area contributed by atoms with Crippen molar-refractivity contribution in [2.75, 3.05) is 11.4 Å². The Bertz CT molecular complexity index is 653. The molecule has 1 aromatic heterocycles. The number of benzene rings is 1. The van der Waals surface area contributed by atoms with E-state index in [0.29, 0.717) is 13.1 Å². The summed E-state index contributed by atoms with van der Waals surface area (Å²) in [6, 6.07) is 7.69. The number of para-hydroxylation sites is 1. The zero-order valence-electron chi connectivity index (χ0n) is 11.9. The van der Waals surface area contributed by atoms with Gasteiger partial charge in [0.15, 0.2) is 0 Å². The van der Waals surface area contributed by atoms with E-state index < -0.39 is 11.9 Å². The molecule has 2 aromatic rings. The first-order valence-corrected chi connectivity index (χ1v) is 7.14. The number of aromatic nitrogens is 3. The van der Waals surface area contributed by atoms with Crippen LogP contribution in [0.1, 0.15) is 30.7 Å². The van der Waals surface area contributed by atoms with Gasteiger partial charge in [0, 0.05) is 18.8 Å². The third-order valence-electron chi connectivity index (χ3n) is 3.82. The van der Waals surface area contributed by atoms with Crippen molar-refractivity contribution in [1.29, 1.82) is 0 Å². The molecule has 1 aromatic carbocycles. The lowest BCUT2D eigenvalue weighted by atomic mass is 10.0. The molecule has 0 saturated heterocycles. The second-order valence-electron chi connectivity index (χ2n) is 5.23. The van der Waals surface area contributed by atoms with Crippen LogP contribution in [0.15, 0.2) is 30.6 Å². The van der Waals surface area contributed by atoms with Crippen LogP contribution in [0.25, 0.3) is 0 Å². The zero-order chi connectivity index (χ0) is 14.8. The minimum atomic E-state index is -0.778. The van der Waals surface area contributed by atoms with Crippen LogP contribution in [-0.2, 0) is 17.9 Å². The van der Waals surface area contributed by atoms with Gasteiger partial charge in [0.2, 0.25) is 0 Å². The first kappa shape index (κ1) is 13.6. The molecule has 1 N–H and O–H groups in total. The van der Waals surface area contributed by atoms with Gasteiger partial charge in [-0.15, -0.1) is 0 Å². The average Bonchev–Trinajstić information content (AvgIpc) is 3.06. The molecule has 2 heterocycles. The van der Waals surface area contributed by atoms with Crippen molar-refractivity contribution in [2.45, 2.75) is 32.4 Å². The summed E-state index contributed by atoms with van der Waals surface area (Å²) < 4.78 is 1.89. The van der Waals surface area contributed by atoms with Crippen LogP contribution in [0.4, 0.5) is 5.69 Å². The van der Waals surface area contributed by atoms with Crippen LogP contribution in [0, 0.1) is 0 Å². The Kier molecular flexibility index (Phi) is 3.60. The van der Waals surface area contributed by atoms with Gasteiger partial charge >= 0.3 is 5.97 Å². The van der Waals surface area contributed by atoms with E-state index in [-0.39, 0.29) is 0 Å². The molecule has 1 aliphatic heterocycles. The highest BCUT2D eigenvalue weighted by Gasteiger charge is 2.33. The highest BCUT2D eigenvalue weighted by atomic mass is 16.4. The first-order chi connectivity index (χ1) is 10.2. The molecule has 1 aliphatic rings. The maximum absolute atomic E-state index is 11.4. The molecule has 6 nitrogen and oxygen atoms in total. The summed E-state index contributed by atoms with van der Waals surface area (Å²) in [5.41, 5.74) is 1.86. The van der Waals surface area contributed by atoms with Crippen molar-refractivity contribution in [3.8, 4) is 0 Å². The van der Waals surface area contributed by atoms with Gasteiger partial charge in [-0.05, 0) is 18.1 Å². The van der Waals surface area contributed by atoms with E-state index in [4.69, 9.17) is 0 Å². The van der Waals surface area contributed by atoms with Gasteiger partial charge in [0.25, 0.3) is 0 Å². The van der Waals surface area contributed by atoms with Crippen LogP contribution in [-0.4, -0.2) is 32.4 Å². The number of rotatable bonds is 5. The predicted molar refractivity (Wildman–Crippen MR) is 78.2 cm³/mol. The monoisotopic (exact) mass is 286 g/mol. The molecule has 0 aliphatic carbocycles. The fraction of sp³-hybridized carbons (Fsp3) is 0.400. The molecule has 0 bridgehead atoms. The molecular weight excluding hydrogens is 268 g/mol. The fourth-order valence-electron chi connectivity index (χ4n) is 2.83. The van der Waals surface area contributed by atoms with Crippen molar-refractivity contribution in [3.05, 3.63) is 42.0 Å². The van der Waals surface area contributed by atoms with Crippen molar-refractivity contribution < 1.29 is 9.90 Å². The number of carbonyl (C=O) groups is 1. The standard InChI is InChI=1S/C15H18N4O2/c1-2-7-19-14(16-10-17-19)9-18-8-12(15(20)21)11-5-3-4-6-13(11)18/h3-6,10,12H,2,7-9H2,1H3,(H,20,21). The van der Waals surface area contributed by atoms with Gasteiger partial charge < -0.3 is 10.0 Å². The number of carboxylic acids is 1. The molecule has 21 heavy (non-hydrogen) atoms. The number of anilines is 1. The van der Waals surface area contributed by atoms with E-state index in [1.54, 1.807) is 6.33 Å². The number of hydrogen-bond acceptors (Lipinski definition) is 4. The Morgan fingerprint density at radius 3 is 3.00 bits per heavy atom. The maximum Gasteiger partial charge on any atom is 0.312 e. The van der Waals surface area contributed by atoms with E-state index in [1.807, 2.05) is 28.9 Å². The lowest BCUT2D eigenvalue weighted by Gasteiger charge is -2.19. The molecular formula is C15H18N4O2. The summed E-state index contributed by atoms with van der Waals surface area (Å²) in [5, 5.41) is 13.6. The number of fused-ring (bicyclic) bond motifs is 1. The van der Waals surface area contributed by atoms with E-state index in [2.05, 4.69) is 21.9 Å². The molecule has 0 radical (unpaired) electrons. The normalized spacial score (nSPS) is 17.0. The molecule has 3 rings (SSSR count).